The number of fused-ring (bicyclic) bond motifs is 9. The minimum Gasteiger partial charge on any atom is -0.310 e. The van der Waals surface area contributed by atoms with E-state index in [2.05, 4.69) is 187 Å². The Morgan fingerprint density at radius 1 is 0.462 bits per heavy atom. The van der Waals surface area contributed by atoms with Crippen molar-refractivity contribution in [3.63, 3.8) is 0 Å². The molecular formula is C49H33NS2. The first-order valence-electron chi connectivity index (χ1n) is 18.0. The standard InChI is InChI=1S/C49H33NS2/c1-3-13-32(14-4-1)49(33-15-5-2-6-16-33)43-20-10-7-17-37(43)38-26-23-36(31-44(38)49)50(34-24-27-47-41(29-34)39-18-8-11-21-45(39)51-47)35-25-28-48-42(30-35)40-19-9-12-22-46(40)52-48/h1-15,17-31,33H,16H2. The molecule has 2 unspecified atom stereocenters. The summed E-state index contributed by atoms with van der Waals surface area (Å²) in [7, 11) is 0. The van der Waals surface area contributed by atoms with E-state index in [1.807, 2.05) is 22.7 Å². The maximum absolute atomic E-state index is 2.51. The molecule has 0 amide bonds. The molecule has 0 bridgehead atoms. The third-order valence-corrected chi connectivity index (χ3v) is 13.6. The summed E-state index contributed by atoms with van der Waals surface area (Å²) in [5.74, 6) is 0.271. The van der Waals surface area contributed by atoms with Crippen LogP contribution in [0.25, 0.3) is 51.5 Å². The molecule has 2 aliphatic carbocycles. The maximum atomic E-state index is 2.51. The Labute approximate surface area is 311 Å². The van der Waals surface area contributed by atoms with Crippen LogP contribution < -0.4 is 4.90 Å². The van der Waals surface area contributed by atoms with Gasteiger partial charge in [0.2, 0.25) is 0 Å². The van der Waals surface area contributed by atoms with Gasteiger partial charge in [0.1, 0.15) is 0 Å². The van der Waals surface area contributed by atoms with Crippen molar-refractivity contribution < 1.29 is 0 Å². The van der Waals surface area contributed by atoms with Crippen molar-refractivity contribution in [1.82, 2.24) is 0 Å². The zero-order chi connectivity index (χ0) is 34.2. The van der Waals surface area contributed by atoms with Crippen LogP contribution in [0.3, 0.4) is 0 Å². The summed E-state index contributed by atoms with van der Waals surface area (Å²) in [5.41, 5.74) is 9.92. The quantitative estimate of drug-likeness (QED) is 0.173. The molecule has 0 saturated heterocycles. The zero-order valence-corrected chi connectivity index (χ0v) is 30.0. The first-order chi connectivity index (χ1) is 25.8. The highest BCUT2D eigenvalue weighted by atomic mass is 32.1. The van der Waals surface area contributed by atoms with E-state index < -0.39 is 0 Å². The highest BCUT2D eigenvalue weighted by Crippen LogP contribution is 2.59. The van der Waals surface area contributed by atoms with Crippen LogP contribution in [0.15, 0.2) is 182 Å². The Morgan fingerprint density at radius 2 is 1.02 bits per heavy atom. The summed E-state index contributed by atoms with van der Waals surface area (Å²) < 4.78 is 5.28. The van der Waals surface area contributed by atoms with Gasteiger partial charge in [-0.15, -0.1) is 22.7 Å². The van der Waals surface area contributed by atoms with Crippen LogP contribution in [0.1, 0.15) is 23.1 Å². The normalized spacial score (nSPS) is 17.7. The lowest BCUT2D eigenvalue weighted by atomic mass is 9.62. The van der Waals surface area contributed by atoms with E-state index >= 15 is 0 Å². The molecule has 0 N–H and O–H groups in total. The Hall–Kier alpha value is -5.74. The monoisotopic (exact) mass is 699 g/mol. The highest BCUT2D eigenvalue weighted by Gasteiger charge is 2.49. The van der Waals surface area contributed by atoms with Crippen LogP contribution in [-0.2, 0) is 5.41 Å². The summed E-state index contributed by atoms with van der Waals surface area (Å²) in [5, 5.41) is 5.23. The van der Waals surface area contributed by atoms with Gasteiger partial charge in [-0.25, -0.2) is 0 Å². The number of anilines is 3. The molecule has 0 fully saturated rings. The SMILES string of the molecule is C1=CCC(C2(c3ccccc3)c3ccccc3-c3ccc(N(c4ccc5sc6ccccc6c5c4)c4ccc5sc6ccccc6c5c4)cc32)C=C1. The van der Waals surface area contributed by atoms with Gasteiger partial charge in [0.25, 0.3) is 0 Å². The summed E-state index contributed by atoms with van der Waals surface area (Å²) >= 11 is 3.74. The third-order valence-electron chi connectivity index (χ3n) is 11.3. The first-order valence-corrected chi connectivity index (χ1v) is 19.7. The topological polar surface area (TPSA) is 3.24 Å². The predicted octanol–water partition coefficient (Wildman–Crippen LogP) is 14.3. The van der Waals surface area contributed by atoms with Crippen molar-refractivity contribution in [3.8, 4) is 11.1 Å². The summed E-state index contributed by atoms with van der Waals surface area (Å²) in [6.07, 6.45) is 10.2. The number of rotatable bonds is 5. The van der Waals surface area contributed by atoms with Gasteiger partial charge in [-0.3, -0.25) is 0 Å². The predicted molar refractivity (Wildman–Crippen MR) is 225 cm³/mol. The van der Waals surface area contributed by atoms with Crippen LogP contribution in [-0.4, -0.2) is 0 Å². The van der Waals surface area contributed by atoms with Crippen molar-refractivity contribution in [2.45, 2.75) is 11.8 Å². The molecule has 1 nitrogen and oxygen atoms in total. The van der Waals surface area contributed by atoms with Gasteiger partial charge < -0.3 is 4.90 Å². The summed E-state index contributed by atoms with van der Waals surface area (Å²) in [4.78, 5) is 2.49. The van der Waals surface area contributed by atoms with E-state index in [1.165, 1.54) is 73.8 Å². The van der Waals surface area contributed by atoms with Gasteiger partial charge in [0.05, 0.1) is 5.41 Å². The number of hydrogen-bond donors (Lipinski definition) is 0. The van der Waals surface area contributed by atoms with Gasteiger partial charge in [0.15, 0.2) is 0 Å². The van der Waals surface area contributed by atoms with E-state index in [9.17, 15) is 0 Å². The zero-order valence-electron chi connectivity index (χ0n) is 28.4. The van der Waals surface area contributed by atoms with Crippen molar-refractivity contribution >= 4 is 80.1 Å². The van der Waals surface area contributed by atoms with Gasteiger partial charge in [-0.1, -0.05) is 121 Å². The van der Waals surface area contributed by atoms with Crippen LogP contribution >= 0.6 is 22.7 Å². The smallest absolute Gasteiger partial charge is 0.0529 e. The molecule has 2 heterocycles. The fraction of sp³-hybridized carbons (Fsp3) is 0.0612. The molecule has 246 valence electrons. The number of allylic oxidation sites excluding steroid dienone is 4. The van der Waals surface area contributed by atoms with Gasteiger partial charge in [-0.2, -0.15) is 0 Å². The average Bonchev–Trinajstić information content (AvgIpc) is 3.87. The van der Waals surface area contributed by atoms with Crippen molar-refractivity contribution in [2.75, 3.05) is 4.90 Å². The van der Waals surface area contributed by atoms with Crippen molar-refractivity contribution in [3.05, 3.63) is 199 Å². The second kappa shape index (κ2) is 11.6. The minimum absolute atomic E-state index is 0.271. The molecule has 0 radical (unpaired) electrons. The Kier molecular flexibility index (Phi) is 6.70. The van der Waals surface area contributed by atoms with E-state index in [-0.39, 0.29) is 11.3 Å². The lowest BCUT2D eigenvalue weighted by Gasteiger charge is -2.40. The van der Waals surface area contributed by atoms with Crippen molar-refractivity contribution in [2.24, 2.45) is 5.92 Å². The van der Waals surface area contributed by atoms with E-state index in [0.29, 0.717) is 0 Å². The molecular weight excluding hydrogens is 667 g/mol. The molecule has 0 saturated carbocycles. The molecule has 11 rings (SSSR count). The van der Waals surface area contributed by atoms with Gasteiger partial charge in [-0.05, 0) is 101 Å². The number of benzene rings is 7. The molecule has 3 heteroatoms. The van der Waals surface area contributed by atoms with Crippen molar-refractivity contribution in [1.29, 1.82) is 0 Å². The van der Waals surface area contributed by atoms with E-state index in [1.54, 1.807) is 0 Å². The Balaban J connectivity index is 1.19. The molecule has 2 aliphatic rings. The number of nitrogens with zero attached hydrogens (tertiary/aromatic N) is 1. The molecule has 52 heavy (non-hydrogen) atoms. The second-order valence-corrected chi connectivity index (χ2v) is 16.2. The molecule has 7 aromatic carbocycles. The van der Waals surface area contributed by atoms with Crippen LogP contribution in [0.5, 0.6) is 0 Å². The minimum atomic E-state index is -0.336. The second-order valence-electron chi connectivity index (χ2n) is 14.0. The molecule has 9 aromatic rings. The maximum Gasteiger partial charge on any atom is 0.0529 e. The van der Waals surface area contributed by atoms with Crippen LogP contribution in [0, 0.1) is 5.92 Å². The highest BCUT2D eigenvalue weighted by molar-refractivity contribution is 7.26. The Bertz CT molecular complexity index is 2790. The van der Waals surface area contributed by atoms with Gasteiger partial charge in [0, 0.05) is 57.4 Å². The Morgan fingerprint density at radius 3 is 1.69 bits per heavy atom. The largest absolute Gasteiger partial charge is 0.310 e. The molecule has 0 aliphatic heterocycles. The fourth-order valence-corrected chi connectivity index (χ4v) is 11.3. The fourth-order valence-electron chi connectivity index (χ4n) is 9.12. The molecule has 2 aromatic heterocycles. The molecule has 0 spiro atoms. The van der Waals surface area contributed by atoms with Crippen LogP contribution in [0.2, 0.25) is 0 Å². The average molecular weight is 700 g/mol. The summed E-state index contributed by atoms with van der Waals surface area (Å²) in [6.45, 7) is 0. The van der Waals surface area contributed by atoms with E-state index in [0.717, 1.165) is 17.8 Å². The van der Waals surface area contributed by atoms with E-state index in [4.69, 9.17) is 0 Å². The summed E-state index contributed by atoms with van der Waals surface area (Å²) in [6, 6.07) is 59.3. The van der Waals surface area contributed by atoms with Gasteiger partial charge >= 0.3 is 0 Å². The first kappa shape index (κ1) is 29.9. The lowest BCUT2D eigenvalue weighted by molar-refractivity contribution is 0.457. The number of hydrogen-bond acceptors (Lipinski definition) is 3. The third kappa shape index (κ3) is 4.33. The molecule has 2 atom stereocenters. The number of thiophene rings is 2. The lowest BCUT2D eigenvalue weighted by Crippen LogP contribution is -2.35. The van der Waals surface area contributed by atoms with Crippen LogP contribution in [0.4, 0.5) is 17.1 Å².